The number of hydrogen-bond donors (Lipinski definition) is 1. The van der Waals surface area contributed by atoms with Crippen LogP contribution >= 0.6 is 15.9 Å². The lowest BCUT2D eigenvalue weighted by atomic mass is 10.0. The minimum atomic E-state index is -0.209. The van der Waals surface area contributed by atoms with Crippen molar-refractivity contribution in [2.45, 2.75) is 52.1 Å². The van der Waals surface area contributed by atoms with E-state index in [-0.39, 0.29) is 11.9 Å². The van der Waals surface area contributed by atoms with Crippen LogP contribution < -0.4 is 5.73 Å². The number of nitrogens with two attached hydrogens (primary N) is 1. The standard InChI is InChI=1S/C16H26BrFN2/c1-4-5-6-9-20(12(2)3)16(11-19)14-10-13(18)7-8-15(14)17/h7-8,10,12,16H,4-6,9,11,19H2,1-3H3. The number of halogens is 2. The summed E-state index contributed by atoms with van der Waals surface area (Å²) in [5.74, 6) is -0.209. The van der Waals surface area contributed by atoms with Crippen LogP contribution in [0.2, 0.25) is 0 Å². The van der Waals surface area contributed by atoms with E-state index in [1.165, 1.54) is 18.9 Å². The smallest absolute Gasteiger partial charge is 0.123 e. The highest BCUT2D eigenvalue weighted by atomic mass is 79.9. The van der Waals surface area contributed by atoms with Crippen LogP contribution in [0.1, 0.15) is 51.6 Å². The molecule has 0 spiro atoms. The van der Waals surface area contributed by atoms with E-state index >= 15 is 0 Å². The van der Waals surface area contributed by atoms with Crippen molar-refractivity contribution in [2.24, 2.45) is 5.73 Å². The van der Waals surface area contributed by atoms with E-state index in [4.69, 9.17) is 5.73 Å². The predicted octanol–water partition coefficient (Wildman–Crippen LogP) is 4.49. The van der Waals surface area contributed by atoms with Gasteiger partial charge in [-0.05, 0) is 50.6 Å². The first-order valence-electron chi connectivity index (χ1n) is 7.42. The third-order valence-electron chi connectivity index (χ3n) is 3.62. The molecule has 20 heavy (non-hydrogen) atoms. The maximum absolute atomic E-state index is 13.5. The second kappa shape index (κ2) is 8.75. The molecule has 4 heteroatoms. The van der Waals surface area contributed by atoms with Crippen molar-refractivity contribution in [1.29, 1.82) is 0 Å². The number of unbranched alkanes of at least 4 members (excludes halogenated alkanes) is 2. The van der Waals surface area contributed by atoms with Gasteiger partial charge in [0.2, 0.25) is 0 Å². The molecule has 1 unspecified atom stereocenters. The Morgan fingerprint density at radius 3 is 2.55 bits per heavy atom. The Balaban J connectivity index is 2.97. The lowest BCUT2D eigenvalue weighted by Gasteiger charge is -2.35. The van der Waals surface area contributed by atoms with E-state index in [9.17, 15) is 4.39 Å². The van der Waals surface area contributed by atoms with Gasteiger partial charge in [-0.15, -0.1) is 0 Å². The molecule has 0 heterocycles. The fourth-order valence-electron chi connectivity index (χ4n) is 2.53. The van der Waals surface area contributed by atoms with E-state index in [1.807, 2.05) is 0 Å². The fourth-order valence-corrected chi connectivity index (χ4v) is 3.04. The van der Waals surface area contributed by atoms with E-state index in [0.29, 0.717) is 12.6 Å². The maximum atomic E-state index is 13.5. The Labute approximate surface area is 130 Å². The van der Waals surface area contributed by atoms with Crippen molar-refractivity contribution < 1.29 is 4.39 Å². The molecule has 114 valence electrons. The SMILES string of the molecule is CCCCCN(C(C)C)C(CN)c1cc(F)ccc1Br. The Bertz CT molecular complexity index is 409. The number of nitrogens with zero attached hydrogens (tertiary/aromatic N) is 1. The molecular weight excluding hydrogens is 319 g/mol. The van der Waals surface area contributed by atoms with Crippen LogP contribution in [0.25, 0.3) is 0 Å². The molecule has 0 radical (unpaired) electrons. The molecule has 0 bridgehead atoms. The van der Waals surface area contributed by atoms with Crippen LogP contribution in [0, 0.1) is 5.82 Å². The average molecular weight is 345 g/mol. The van der Waals surface area contributed by atoms with Crippen molar-refractivity contribution in [2.75, 3.05) is 13.1 Å². The van der Waals surface area contributed by atoms with Crippen LogP contribution in [0.4, 0.5) is 4.39 Å². The molecule has 0 amide bonds. The zero-order valence-corrected chi connectivity index (χ0v) is 14.3. The Kier molecular flexibility index (Phi) is 7.70. The quantitative estimate of drug-likeness (QED) is 0.704. The van der Waals surface area contributed by atoms with Gasteiger partial charge < -0.3 is 5.73 Å². The summed E-state index contributed by atoms with van der Waals surface area (Å²) >= 11 is 3.52. The lowest BCUT2D eigenvalue weighted by molar-refractivity contribution is 0.153. The summed E-state index contributed by atoms with van der Waals surface area (Å²) in [6.07, 6.45) is 3.56. The zero-order valence-electron chi connectivity index (χ0n) is 12.7. The molecule has 1 atom stereocenters. The number of benzene rings is 1. The fraction of sp³-hybridized carbons (Fsp3) is 0.625. The Morgan fingerprint density at radius 2 is 2.00 bits per heavy atom. The van der Waals surface area contributed by atoms with Crippen LogP contribution in [0.3, 0.4) is 0 Å². The van der Waals surface area contributed by atoms with Crippen molar-refractivity contribution in [3.8, 4) is 0 Å². The minimum absolute atomic E-state index is 0.0527. The van der Waals surface area contributed by atoms with Gasteiger partial charge in [0.05, 0.1) is 0 Å². The highest BCUT2D eigenvalue weighted by Crippen LogP contribution is 2.29. The Hall–Kier alpha value is -0.450. The van der Waals surface area contributed by atoms with E-state index < -0.39 is 0 Å². The first-order valence-corrected chi connectivity index (χ1v) is 8.21. The molecule has 0 saturated heterocycles. The summed E-state index contributed by atoms with van der Waals surface area (Å²) in [6.45, 7) is 8.02. The zero-order chi connectivity index (χ0) is 15.1. The second-order valence-electron chi connectivity index (χ2n) is 5.46. The predicted molar refractivity (Wildman–Crippen MR) is 87.3 cm³/mol. The number of hydrogen-bond acceptors (Lipinski definition) is 2. The molecule has 2 N–H and O–H groups in total. The third kappa shape index (κ3) is 4.83. The van der Waals surface area contributed by atoms with Gasteiger partial charge in [-0.1, -0.05) is 35.7 Å². The van der Waals surface area contributed by atoms with Gasteiger partial charge in [-0.2, -0.15) is 0 Å². The van der Waals surface area contributed by atoms with Gasteiger partial charge >= 0.3 is 0 Å². The molecule has 0 aliphatic carbocycles. The topological polar surface area (TPSA) is 29.3 Å². The first-order chi connectivity index (χ1) is 9.51. The largest absolute Gasteiger partial charge is 0.329 e. The third-order valence-corrected chi connectivity index (χ3v) is 4.35. The molecule has 1 rings (SSSR count). The van der Waals surface area contributed by atoms with E-state index in [2.05, 4.69) is 41.6 Å². The second-order valence-corrected chi connectivity index (χ2v) is 6.31. The van der Waals surface area contributed by atoms with Crippen LogP contribution in [-0.4, -0.2) is 24.0 Å². The summed E-state index contributed by atoms with van der Waals surface area (Å²) in [6, 6.07) is 5.26. The summed E-state index contributed by atoms with van der Waals surface area (Å²) in [7, 11) is 0. The van der Waals surface area contributed by atoms with Crippen LogP contribution in [0.5, 0.6) is 0 Å². The summed E-state index contributed by atoms with van der Waals surface area (Å²) in [5, 5.41) is 0. The van der Waals surface area contributed by atoms with E-state index in [1.54, 1.807) is 12.1 Å². The molecule has 0 fully saturated rings. The Morgan fingerprint density at radius 1 is 1.30 bits per heavy atom. The molecule has 1 aromatic carbocycles. The highest BCUT2D eigenvalue weighted by Gasteiger charge is 2.23. The molecule has 0 aromatic heterocycles. The first kappa shape index (κ1) is 17.6. The summed E-state index contributed by atoms with van der Waals surface area (Å²) in [5.41, 5.74) is 6.92. The van der Waals surface area contributed by atoms with Gasteiger partial charge in [-0.3, -0.25) is 4.90 Å². The molecule has 0 aliphatic rings. The lowest BCUT2D eigenvalue weighted by Crippen LogP contribution is -2.39. The van der Waals surface area contributed by atoms with Crippen LogP contribution in [-0.2, 0) is 0 Å². The van der Waals surface area contributed by atoms with Gasteiger partial charge in [0.25, 0.3) is 0 Å². The highest BCUT2D eigenvalue weighted by molar-refractivity contribution is 9.10. The maximum Gasteiger partial charge on any atom is 0.123 e. The number of rotatable bonds is 8. The van der Waals surface area contributed by atoms with Crippen molar-refractivity contribution in [3.05, 3.63) is 34.1 Å². The molecule has 1 aromatic rings. The van der Waals surface area contributed by atoms with E-state index in [0.717, 1.165) is 23.0 Å². The molecule has 0 saturated carbocycles. The van der Waals surface area contributed by atoms with Crippen LogP contribution in [0.15, 0.2) is 22.7 Å². The molecular formula is C16H26BrFN2. The van der Waals surface area contributed by atoms with Crippen molar-refractivity contribution in [1.82, 2.24) is 4.90 Å². The normalized spacial score (nSPS) is 13.2. The molecule has 0 aliphatic heterocycles. The average Bonchev–Trinajstić information content (AvgIpc) is 2.41. The van der Waals surface area contributed by atoms with Crippen molar-refractivity contribution in [3.63, 3.8) is 0 Å². The van der Waals surface area contributed by atoms with Gasteiger partial charge in [0.1, 0.15) is 5.82 Å². The van der Waals surface area contributed by atoms with Gasteiger partial charge in [0, 0.05) is 23.1 Å². The monoisotopic (exact) mass is 344 g/mol. The molecule has 2 nitrogen and oxygen atoms in total. The summed E-state index contributed by atoms with van der Waals surface area (Å²) in [4.78, 5) is 2.37. The minimum Gasteiger partial charge on any atom is -0.329 e. The van der Waals surface area contributed by atoms with Gasteiger partial charge in [-0.25, -0.2) is 4.39 Å². The van der Waals surface area contributed by atoms with Crippen molar-refractivity contribution >= 4 is 15.9 Å². The summed E-state index contributed by atoms with van der Waals surface area (Å²) < 4.78 is 14.5. The van der Waals surface area contributed by atoms with Gasteiger partial charge in [0.15, 0.2) is 0 Å².